The molecule has 2 aliphatic rings. The second kappa shape index (κ2) is 8.81. The summed E-state index contributed by atoms with van der Waals surface area (Å²) < 4.78 is 4.33. The minimum atomic E-state index is 0.0271. The van der Waals surface area contributed by atoms with E-state index in [0.717, 1.165) is 59.1 Å². The highest BCUT2D eigenvalue weighted by atomic mass is 16.1. The summed E-state index contributed by atoms with van der Waals surface area (Å²) in [4.78, 5) is 23.5. The van der Waals surface area contributed by atoms with Crippen LogP contribution in [-0.2, 0) is 11.3 Å². The predicted octanol–water partition coefficient (Wildman–Crippen LogP) is 5.59. The van der Waals surface area contributed by atoms with E-state index < -0.39 is 0 Å². The number of benzene rings is 2. The van der Waals surface area contributed by atoms with Crippen molar-refractivity contribution in [1.82, 2.24) is 19.0 Å². The Bertz CT molecular complexity index is 1490. The maximum Gasteiger partial charge on any atom is 0.228 e. The smallest absolute Gasteiger partial charge is 0.228 e. The molecule has 0 saturated carbocycles. The Hall–Kier alpha value is -4.15. The molecule has 1 N–H and O–H groups in total. The van der Waals surface area contributed by atoms with E-state index in [4.69, 9.17) is 6.57 Å². The maximum atomic E-state index is 13.0. The van der Waals surface area contributed by atoms with Crippen LogP contribution in [-0.4, -0.2) is 44.1 Å². The zero-order chi connectivity index (χ0) is 24.8. The van der Waals surface area contributed by atoms with Gasteiger partial charge in [0.1, 0.15) is 0 Å². The number of aromatic nitrogens is 3. The normalized spacial score (nSPS) is 16.7. The molecule has 180 valence electrons. The average molecular weight is 477 g/mol. The first-order valence-corrected chi connectivity index (χ1v) is 12.4. The van der Waals surface area contributed by atoms with Gasteiger partial charge in [0.05, 0.1) is 23.9 Å². The lowest BCUT2D eigenvalue weighted by Gasteiger charge is -2.20. The molecule has 0 radical (unpaired) electrons. The summed E-state index contributed by atoms with van der Waals surface area (Å²) >= 11 is 0. The maximum absolute atomic E-state index is 13.0. The second-order valence-corrected chi connectivity index (χ2v) is 9.93. The number of hydrogen-bond donors (Lipinski definition) is 1. The van der Waals surface area contributed by atoms with E-state index in [1.807, 2.05) is 42.7 Å². The highest BCUT2D eigenvalue weighted by Gasteiger charge is 2.30. The van der Waals surface area contributed by atoms with E-state index in [-0.39, 0.29) is 11.8 Å². The van der Waals surface area contributed by atoms with Crippen molar-refractivity contribution in [1.29, 1.82) is 0 Å². The second-order valence-electron chi connectivity index (χ2n) is 9.93. The molecule has 1 unspecified atom stereocenters. The van der Waals surface area contributed by atoms with Gasteiger partial charge in [0.25, 0.3) is 0 Å². The fraction of sp³-hybridized carbons (Fsp3) is 0.276. The van der Waals surface area contributed by atoms with E-state index >= 15 is 0 Å². The number of carbonyl (C=O) groups is 1. The Balaban J connectivity index is 1.31. The van der Waals surface area contributed by atoms with E-state index in [2.05, 4.69) is 67.4 Å². The van der Waals surface area contributed by atoms with Crippen LogP contribution in [0.2, 0.25) is 0 Å². The molecular weight excluding hydrogens is 448 g/mol. The van der Waals surface area contributed by atoms with Crippen molar-refractivity contribution < 1.29 is 4.79 Å². The largest absolute Gasteiger partial charge is 0.340 e. The molecular formula is C29H28N6O. The van der Waals surface area contributed by atoms with Crippen molar-refractivity contribution in [2.75, 3.05) is 18.4 Å². The van der Waals surface area contributed by atoms with E-state index in [0.29, 0.717) is 18.3 Å². The number of nitrogens with zero attached hydrogens (tertiary/aromatic N) is 5. The van der Waals surface area contributed by atoms with Crippen molar-refractivity contribution in [3.63, 3.8) is 0 Å². The molecule has 7 nitrogen and oxygen atoms in total. The molecule has 36 heavy (non-hydrogen) atoms. The van der Waals surface area contributed by atoms with Gasteiger partial charge in [-0.2, -0.15) is 0 Å². The van der Waals surface area contributed by atoms with Gasteiger partial charge in [0.15, 0.2) is 11.5 Å². The zero-order valence-corrected chi connectivity index (χ0v) is 20.5. The molecule has 2 aromatic heterocycles. The minimum Gasteiger partial charge on any atom is -0.340 e. The summed E-state index contributed by atoms with van der Waals surface area (Å²) in [6, 6.07) is 16.4. The number of likely N-dealkylation sites (tertiary alicyclic amines) is 1. The summed E-state index contributed by atoms with van der Waals surface area (Å²) in [5.41, 5.74) is 6.83. The summed E-state index contributed by atoms with van der Waals surface area (Å²) in [5, 5.41) is 3.17. The molecule has 1 saturated heterocycles. The number of anilines is 1. The van der Waals surface area contributed by atoms with Crippen molar-refractivity contribution in [2.24, 2.45) is 5.92 Å². The van der Waals surface area contributed by atoms with Crippen LogP contribution in [0.3, 0.4) is 0 Å². The van der Waals surface area contributed by atoms with Crippen molar-refractivity contribution >= 4 is 17.3 Å². The SMILES string of the molecule is [C-]#[N+]c1ccc(-c2cc3n(c2)Cc2cc(NC(=O)C4CCN(C(C)C)C4)ccc2-n2ccnc2-3)cc1. The van der Waals surface area contributed by atoms with Crippen molar-refractivity contribution in [3.8, 4) is 28.3 Å². The standard InChI is InChI=1S/C29H28N6O/c1-19(2)33-12-10-21(16-33)29(36)32-25-8-9-26-23(14-25)18-34-17-22(20-4-6-24(30-3)7-5-20)15-27(34)28-31-11-13-35(26)28/h4-9,11,13-15,17,19,21H,10,12,16,18H2,1-2H3,(H,32,36). The molecule has 2 aliphatic heterocycles. The van der Waals surface area contributed by atoms with E-state index in [9.17, 15) is 4.79 Å². The van der Waals surface area contributed by atoms with Crippen LogP contribution >= 0.6 is 0 Å². The Morgan fingerprint density at radius 2 is 1.97 bits per heavy atom. The zero-order valence-electron chi connectivity index (χ0n) is 20.5. The lowest BCUT2D eigenvalue weighted by molar-refractivity contribution is -0.119. The van der Waals surface area contributed by atoms with Gasteiger partial charge in [-0.3, -0.25) is 9.36 Å². The van der Waals surface area contributed by atoms with Gasteiger partial charge in [-0.25, -0.2) is 9.83 Å². The monoisotopic (exact) mass is 476 g/mol. The molecule has 1 atom stereocenters. The lowest BCUT2D eigenvalue weighted by atomic mass is 10.1. The number of imidazole rings is 1. The van der Waals surface area contributed by atoms with Crippen LogP contribution < -0.4 is 5.32 Å². The average Bonchev–Trinajstić information content (AvgIpc) is 3.63. The number of fused-ring (bicyclic) bond motifs is 5. The van der Waals surface area contributed by atoms with Gasteiger partial charge in [-0.1, -0.05) is 24.3 Å². The van der Waals surface area contributed by atoms with E-state index in [1.165, 1.54) is 0 Å². The molecule has 0 aliphatic carbocycles. The number of carbonyl (C=O) groups excluding carboxylic acids is 1. The van der Waals surface area contributed by atoms with Crippen LogP contribution in [0.5, 0.6) is 0 Å². The van der Waals surface area contributed by atoms with Crippen LogP contribution in [0, 0.1) is 12.5 Å². The summed E-state index contributed by atoms with van der Waals surface area (Å²) in [5.74, 6) is 1.01. The van der Waals surface area contributed by atoms with Gasteiger partial charge in [-0.15, -0.1) is 0 Å². The summed E-state index contributed by atoms with van der Waals surface area (Å²) in [6.07, 6.45) is 6.85. The molecule has 2 aromatic carbocycles. The van der Waals surface area contributed by atoms with Gasteiger partial charge < -0.3 is 14.8 Å². The molecule has 7 heteroatoms. The molecule has 0 bridgehead atoms. The van der Waals surface area contributed by atoms with Gasteiger partial charge in [0, 0.05) is 49.0 Å². The predicted molar refractivity (Wildman–Crippen MR) is 141 cm³/mol. The molecule has 4 heterocycles. The van der Waals surface area contributed by atoms with Gasteiger partial charge in [-0.05, 0) is 62.2 Å². The molecule has 4 aromatic rings. The molecule has 6 rings (SSSR count). The van der Waals surface area contributed by atoms with Crippen LogP contribution in [0.15, 0.2) is 67.1 Å². The third kappa shape index (κ3) is 3.90. The van der Waals surface area contributed by atoms with Crippen molar-refractivity contribution in [2.45, 2.75) is 32.9 Å². The van der Waals surface area contributed by atoms with E-state index in [1.54, 1.807) is 0 Å². The number of nitrogens with one attached hydrogen (secondary N) is 1. The number of hydrogen-bond acceptors (Lipinski definition) is 3. The Kier molecular flexibility index (Phi) is 5.46. The number of amides is 1. The van der Waals surface area contributed by atoms with Crippen LogP contribution in [0.25, 0.3) is 33.2 Å². The number of rotatable bonds is 4. The fourth-order valence-corrected chi connectivity index (χ4v) is 5.33. The third-order valence-corrected chi connectivity index (χ3v) is 7.36. The first-order chi connectivity index (χ1) is 17.5. The lowest BCUT2D eigenvalue weighted by Crippen LogP contribution is -2.31. The minimum absolute atomic E-state index is 0.0271. The molecule has 0 spiro atoms. The summed E-state index contributed by atoms with van der Waals surface area (Å²) in [7, 11) is 0. The van der Waals surface area contributed by atoms with Gasteiger partial charge in [0.2, 0.25) is 5.91 Å². The Morgan fingerprint density at radius 1 is 1.14 bits per heavy atom. The Labute approximate surface area is 210 Å². The summed E-state index contributed by atoms with van der Waals surface area (Å²) in [6.45, 7) is 14.0. The Morgan fingerprint density at radius 3 is 2.72 bits per heavy atom. The highest BCUT2D eigenvalue weighted by molar-refractivity contribution is 5.93. The fourth-order valence-electron chi connectivity index (χ4n) is 5.33. The quantitative estimate of drug-likeness (QED) is 0.344. The first kappa shape index (κ1) is 22.3. The van der Waals surface area contributed by atoms with Crippen LogP contribution in [0.1, 0.15) is 25.8 Å². The molecule has 1 fully saturated rings. The third-order valence-electron chi connectivity index (χ3n) is 7.36. The van der Waals surface area contributed by atoms with Crippen LogP contribution in [0.4, 0.5) is 11.4 Å². The molecule has 1 amide bonds. The topological polar surface area (TPSA) is 59.5 Å². The van der Waals surface area contributed by atoms with Crippen molar-refractivity contribution in [3.05, 3.63) is 84.1 Å². The highest BCUT2D eigenvalue weighted by Crippen LogP contribution is 2.35. The first-order valence-electron chi connectivity index (χ1n) is 12.4. The van der Waals surface area contributed by atoms with Gasteiger partial charge >= 0.3 is 0 Å².